The van der Waals surface area contributed by atoms with Crippen LogP contribution in [0, 0.1) is 22.6 Å². The quantitative estimate of drug-likeness (QED) is 0.744. The molecule has 0 aliphatic heterocycles. The van der Waals surface area contributed by atoms with E-state index < -0.39 is 0 Å². The molecule has 0 unspecified atom stereocenters. The fourth-order valence-electron chi connectivity index (χ4n) is 2.10. The van der Waals surface area contributed by atoms with Gasteiger partial charge in [-0.3, -0.25) is 0 Å². The minimum atomic E-state index is 0.679. The summed E-state index contributed by atoms with van der Waals surface area (Å²) in [5.41, 5.74) is 4.36. The van der Waals surface area contributed by atoms with Crippen molar-refractivity contribution in [3.8, 4) is 12.1 Å². The van der Waals surface area contributed by atoms with Crippen LogP contribution in [0.1, 0.15) is 48.6 Å². The number of benzene rings is 1. The highest BCUT2D eigenvalue weighted by atomic mass is 16.4. The van der Waals surface area contributed by atoms with Crippen LogP contribution in [0.15, 0.2) is 6.07 Å². The molecular weight excluding hydrogens is 212 g/mol. The number of rotatable bonds is 3. The van der Waals surface area contributed by atoms with Crippen LogP contribution in [-0.4, -0.2) is 0 Å². The van der Waals surface area contributed by atoms with Crippen molar-refractivity contribution >= 4 is 0 Å². The van der Waals surface area contributed by atoms with Crippen molar-refractivity contribution in [3.63, 3.8) is 0 Å². The van der Waals surface area contributed by atoms with Crippen molar-refractivity contribution in [1.29, 1.82) is 5.26 Å². The maximum atomic E-state index is 10.4. The van der Waals surface area contributed by atoms with Crippen molar-refractivity contribution in [2.45, 2.75) is 40.0 Å². The summed E-state index contributed by atoms with van der Waals surface area (Å²) >= 11 is 0. The lowest BCUT2D eigenvalue weighted by molar-refractivity contribution is 1.02. The molecule has 0 heterocycles. The molecule has 0 radical (unpaired) electrons. The maximum absolute atomic E-state index is 10.4. The Hall–Kier alpha value is -2.00. The summed E-state index contributed by atoms with van der Waals surface area (Å²) < 4.78 is 0. The zero-order valence-electron chi connectivity index (χ0n) is 10.5. The normalized spacial score (nSPS) is 9.29. The molecule has 1 aromatic rings. The van der Waals surface area contributed by atoms with Gasteiger partial charge in [-0.15, -0.1) is 0 Å². The van der Waals surface area contributed by atoms with E-state index in [1.54, 1.807) is 0 Å². The molecule has 0 amide bonds. The molecule has 0 atom stereocenters. The van der Waals surface area contributed by atoms with Crippen molar-refractivity contribution in [3.05, 3.63) is 44.1 Å². The molecular formula is C14H16N2O. The third kappa shape index (κ3) is 2.40. The van der Waals surface area contributed by atoms with E-state index in [4.69, 9.17) is 0 Å². The predicted octanol–water partition coefficient (Wildman–Crippen LogP) is 3.42. The van der Waals surface area contributed by atoms with Crippen molar-refractivity contribution in [2.24, 2.45) is 0 Å². The van der Waals surface area contributed by atoms with Crippen LogP contribution >= 0.6 is 0 Å². The Labute approximate surface area is 102 Å². The molecule has 17 heavy (non-hydrogen) atoms. The highest BCUT2D eigenvalue weighted by Gasteiger charge is 2.17. The number of hydrogen-bond donors (Lipinski definition) is 0. The average Bonchev–Trinajstić information content (AvgIpc) is 2.37. The van der Waals surface area contributed by atoms with Gasteiger partial charge in [-0.2, -0.15) is 5.26 Å². The minimum Gasteiger partial charge on any atom is -0.498 e. The largest absolute Gasteiger partial charge is 0.498 e. The Balaban J connectivity index is 3.67. The molecule has 0 spiro atoms. The maximum Gasteiger partial charge on any atom is 0.337 e. The summed E-state index contributed by atoms with van der Waals surface area (Å²) in [6.45, 7) is 6.03. The molecule has 0 saturated carbocycles. The van der Waals surface area contributed by atoms with Crippen molar-refractivity contribution < 1.29 is 0 Å². The highest BCUT2D eigenvalue weighted by Crippen LogP contribution is 2.24. The Morgan fingerprint density at radius 3 is 2.12 bits per heavy atom. The lowest BCUT2D eigenvalue weighted by Gasteiger charge is -2.11. The van der Waals surface area contributed by atoms with Crippen molar-refractivity contribution in [1.82, 2.24) is 0 Å². The van der Waals surface area contributed by atoms with E-state index in [1.807, 2.05) is 26.8 Å². The summed E-state index contributed by atoms with van der Waals surface area (Å²) in [5, 5.41) is 22.4. The predicted molar refractivity (Wildman–Crippen MR) is 69.0 cm³/mol. The molecule has 1 rings (SSSR count). The fourth-order valence-corrected chi connectivity index (χ4v) is 2.10. The van der Waals surface area contributed by atoms with Gasteiger partial charge in [-0.05, 0) is 36.0 Å². The van der Waals surface area contributed by atoms with E-state index in [1.165, 1.54) is 0 Å². The number of aryl methyl sites for hydroxylation is 2. The third-order valence-electron chi connectivity index (χ3n) is 2.98. The Morgan fingerprint density at radius 1 is 1.12 bits per heavy atom. The molecule has 1 aromatic carbocycles. The first-order valence-corrected chi connectivity index (χ1v) is 5.89. The van der Waals surface area contributed by atoms with Crippen LogP contribution in [0.5, 0.6) is 0 Å². The number of hydrogen-bond acceptors (Lipinski definition) is 2. The summed E-state index contributed by atoms with van der Waals surface area (Å²) in [6, 6.07) is 6.71. The molecule has 0 saturated heterocycles. The summed E-state index contributed by atoms with van der Waals surface area (Å²) in [4.78, 5) is 0. The SMILES string of the molecule is CCc1cc(CC)c(C#[N+][O-])c(CC)c1C#N. The van der Waals surface area contributed by atoms with Gasteiger partial charge >= 0.3 is 6.07 Å². The van der Waals surface area contributed by atoms with Gasteiger partial charge < -0.3 is 5.21 Å². The molecule has 0 fully saturated rings. The first kappa shape index (κ1) is 13.1. The van der Waals surface area contributed by atoms with Crippen LogP contribution in [0.3, 0.4) is 0 Å². The second-order valence-corrected chi connectivity index (χ2v) is 3.80. The summed E-state index contributed by atoms with van der Waals surface area (Å²) in [7, 11) is 0. The zero-order chi connectivity index (χ0) is 12.8. The standard InChI is InChI=1S/C14H16N2O/c1-4-10-7-11(5-2)14(9-16-17)12(6-3)13(10)8-15/h7H,4-6H2,1-3H3. The van der Waals surface area contributed by atoms with Gasteiger partial charge in [0.25, 0.3) is 0 Å². The van der Waals surface area contributed by atoms with Gasteiger partial charge in [0.1, 0.15) is 5.56 Å². The first-order chi connectivity index (χ1) is 8.23. The summed E-state index contributed by atoms with van der Waals surface area (Å²) in [5.74, 6) is 0. The van der Waals surface area contributed by atoms with Crippen LogP contribution in [0.25, 0.3) is 5.01 Å². The van der Waals surface area contributed by atoms with E-state index in [0.29, 0.717) is 17.5 Å². The molecule has 0 aromatic heterocycles. The van der Waals surface area contributed by atoms with E-state index >= 15 is 0 Å². The van der Waals surface area contributed by atoms with Gasteiger partial charge in [0.05, 0.1) is 11.6 Å². The van der Waals surface area contributed by atoms with E-state index in [-0.39, 0.29) is 0 Å². The average molecular weight is 228 g/mol. The molecule has 3 nitrogen and oxygen atoms in total. The van der Waals surface area contributed by atoms with E-state index in [9.17, 15) is 10.5 Å². The minimum absolute atomic E-state index is 0.679. The lowest BCUT2D eigenvalue weighted by atomic mass is 9.89. The monoisotopic (exact) mass is 228 g/mol. The fraction of sp³-hybridized carbons (Fsp3) is 0.429. The van der Waals surface area contributed by atoms with Crippen LogP contribution < -0.4 is 0 Å². The molecule has 3 heteroatoms. The Morgan fingerprint density at radius 2 is 1.71 bits per heavy atom. The van der Waals surface area contributed by atoms with Gasteiger partial charge in [-0.1, -0.05) is 26.8 Å². The smallest absolute Gasteiger partial charge is 0.337 e. The van der Waals surface area contributed by atoms with E-state index in [2.05, 4.69) is 17.1 Å². The van der Waals surface area contributed by atoms with Crippen LogP contribution in [0.2, 0.25) is 0 Å². The molecule has 0 N–H and O–H groups in total. The molecule has 88 valence electrons. The number of nitriles is 1. The highest BCUT2D eigenvalue weighted by molar-refractivity contribution is 5.57. The second-order valence-electron chi connectivity index (χ2n) is 3.80. The summed E-state index contributed by atoms with van der Waals surface area (Å²) in [6.07, 6.45) is 2.34. The van der Waals surface area contributed by atoms with E-state index in [0.717, 1.165) is 29.5 Å². The third-order valence-corrected chi connectivity index (χ3v) is 2.98. The van der Waals surface area contributed by atoms with Gasteiger partial charge in [0.2, 0.25) is 0 Å². The Kier molecular flexibility index (Phi) is 4.55. The van der Waals surface area contributed by atoms with Gasteiger partial charge in [-0.25, -0.2) is 0 Å². The molecule has 0 aliphatic rings. The van der Waals surface area contributed by atoms with Crippen LogP contribution in [-0.2, 0) is 19.3 Å². The number of nitrogens with zero attached hydrogens (tertiary/aromatic N) is 2. The van der Waals surface area contributed by atoms with Gasteiger partial charge in [0, 0.05) is 5.01 Å². The lowest BCUT2D eigenvalue weighted by Crippen LogP contribution is -2.03. The van der Waals surface area contributed by atoms with Crippen LogP contribution in [0.4, 0.5) is 0 Å². The topological polar surface area (TPSA) is 51.2 Å². The van der Waals surface area contributed by atoms with Gasteiger partial charge in [0.15, 0.2) is 0 Å². The molecule has 0 aliphatic carbocycles. The second kappa shape index (κ2) is 5.92. The zero-order valence-corrected chi connectivity index (χ0v) is 10.5. The van der Waals surface area contributed by atoms with Crippen molar-refractivity contribution in [2.75, 3.05) is 0 Å². The first-order valence-electron chi connectivity index (χ1n) is 5.89. The molecule has 0 bridgehead atoms. The Bertz CT molecular complexity index is 516.